The third-order valence-corrected chi connectivity index (χ3v) is 10.4. The normalized spacial score (nSPS) is 11.1. The van der Waals surface area contributed by atoms with Gasteiger partial charge in [-0.2, -0.15) is 0 Å². The Bertz CT molecular complexity index is 1190. The van der Waals surface area contributed by atoms with Gasteiger partial charge in [0.05, 0.1) is 19.3 Å². The highest BCUT2D eigenvalue weighted by molar-refractivity contribution is 8.22. The summed E-state index contributed by atoms with van der Waals surface area (Å²) in [6.07, 6.45) is 0. The second kappa shape index (κ2) is 11.7. The molecule has 0 N–H and O–H groups in total. The van der Waals surface area contributed by atoms with Gasteiger partial charge in [-0.15, -0.1) is 0 Å². The molecule has 0 aromatic heterocycles. The van der Waals surface area contributed by atoms with Gasteiger partial charge in [0.1, 0.15) is 0 Å². The molecule has 0 heterocycles. The van der Waals surface area contributed by atoms with Crippen LogP contribution in [0, 0.1) is 6.92 Å². The van der Waals surface area contributed by atoms with E-state index < -0.39 is 7.05 Å². The molecule has 0 aliphatic rings. The summed E-state index contributed by atoms with van der Waals surface area (Å²) in [6.45, 7) is 4.66. The Morgan fingerprint density at radius 3 is 1.76 bits per heavy atom. The van der Waals surface area contributed by atoms with E-state index in [-0.39, 0.29) is 0 Å². The summed E-state index contributed by atoms with van der Waals surface area (Å²) < 4.78 is 11.8. The van der Waals surface area contributed by atoms with E-state index in [2.05, 4.69) is 116 Å². The van der Waals surface area contributed by atoms with E-state index in [4.69, 9.17) is 21.7 Å². The van der Waals surface area contributed by atoms with E-state index in [1.807, 2.05) is 6.92 Å². The number of nitrogens with zero attached hydrogens (tertiary/aromatic N) is 1. The van der Waals surface area contributed by atoms with Gasteiger partial charge in [-0.1, -0.05) is 120 Å². The summed E-state index contributed by atoms with van der Waals surface area (Å²) >= 11 is 6.94. The number of hydrogen-bond donors (Lipinski definition) is 0. The third kappa shape index (κ3) is 5.52. The maximum absolute atomic E-state index is 5.68. The van der Waals surface area contributed by atoms with Gasteiger partial charge in [-0.05, 0) is 37.7 Å². The molecule has 0 amide bonds. The molecule has 0 saturated heterocycles. The van der Waals surface area contributed by atoms with Crippen LogP contribution in [0.25, 0.3) is 0 Å². The zero-order valence-corrected chi connectivity index (χ0v) is 22.0. The van der Waals surface area contributed by atoms with Crippen molar-refractivity contribution >= 4 is 57.0 Å². The van der Waals surface area contributed by atoms with Crippen molar-refractivity contribution in [1.29, 1.82) is 0 Å². The minimum absolute atomic E-state index is 0.574. The minimum Gasteiger partial charge on any atom is -0.479 e. The Morgan fingerprint density at radius 1 is 0.794 bits per heavy atom. The van der Waals surface area contributed by atoms with Gasteiger partial charge in [0.2, 0.25) is 4.38 Å². The number of aryl methyl sites for hydroxylation is 1. The average molecular weight is 502 g/mol. The van der Waals surface area contributed by atoms with E-state index in [0.29, 0.717) is 11.0 Å². The molecule has 0 bridgehead atoms. The Hall–Kier alpha value is -2.65. The molecule has 4 aromatic carbocycles. The van der Waals surface area contributed by atoms with E-state index in [9.17, 15) is 0 Å². The molecule has 0 aliphatic heterocycles. The van der Waals surface area contributed by atoms with Crippen molar-refractivity contribution < 1.29 is 4.74 Å². The van der Waals surface area contributed by atoms with Crippen molar-refractivity contribution in [3.05, 3.63) is 120 Å². The molecule has 5 heteroatoms. The maximum Gasteiger partial charge on any atom is 0.220 e. The fraction of sp³-hybridized carbons (Fsp3) is 0.138. The van der Waals surface area contributed by atoms with Crippen LogP contribution in [0.5, 0.6) is 0 Å². The molecular weight excluding hydrogens is 473 g/mol. The Balaban J connectivity index is 1.99. The monoisotopic (exact) mass is 501 g/mol. The van der Waals surface area contributed by atoms with E-state index in [1.165, 1.54) is 27.0 Å². The number of benzene rings is 4. The van der Waals surface area contributed by atoms with Gasteiger partial charge >= 0.3 is 0 Å². The van der Waals surface area contributed by atoms with Crippen molar-refractivity contribution in [3.63, 3.8) is 0 Å². The second-order valence-electron chi connectivity index (χ2n) is 7.85. The predicted molar refractivity (Wildman–Crippen MR) is 154 cm³/mol. The van der Waals surface area contributed by atoms with E-state index in [1.54, 1.807) is 11.8 Å². The smallest absolute Gasteiger partial charge is 0.220 e. The lowest BCUT2D eigenvalue weighted by Crippen LogP contribution is -2.25. The Kier molecular flexibility index (Phi) is 8.39. The number of thioether (sulfide) groups is 1. The summed E-state index contributed by atoms with van der Waals surface area (Å²) in [5.41, 5.74) is 3.38. The second-order valence-corrected chi connectivity index (χ2v) is 12.4. The largest absolute Gasteiger partial charge is 0.479 e. The van der Waals surface area contributed by atoms with Crippen molar-refractivity contribution in [2.75, 3.05) is 6.61 Å². The molecule has 0 radical (unpaired) electrons. The van der Waals surface area contributed by atoms with Gasteiger partial charge in [-0.25, -0.2) is 0 Å². The highest BCUT2D eigenvalue weighted by Crippen LogP contribution is 2.50. The first-order valence-electron chi connectivity index (χ1n) is 11.3. The summed E-state index contributed by atoms with van der Waals surface area (Å²) in [4.78, 5) is 0. The van der Waals surface area contributed by atoms with Crippen molar-refractivity contribution in [1.82, 2.24) is 0 Å². The zero-order chi connectivity index (χ0) is 23.8. The fourth-order valence-corrected chi connectivity index (χ4v) is 8.51. The molecule has 0 atom stereocenters. The van der Waals surface area contributed by atoms with Crippen molar-refractivity contribution in [3.8, 4) is 0 Å². The first-order chi connectivity index (χ1) is 16.6. The SMILES string of the molecule is CCOC(=S)SCc1cc(C)ccc1N=P(c1ccccc1)(c1ccccc1)c1ccccc1. The number of hydrogen-bond acceptors (Lipinski definition) is 4. The lowest BCUT2D eigenvalue weighted by Gasteiger charge is -2.27. The molecule has 0 unspecified atom stereocenters. The number of ether oxygens (including phenoxy) is 1. The molecule has 4 rings (SSSR count). The molecule has 0 spiro atoms. The van der Waals surface area contributed by atoms with Crippen LogP contribution in [-0.2, 0) is 10.5 Å². The van der Waals surface area contributed by atoms with E-state index >= 15 is 0 Å². The van der Waals surface area contributed by atoms with Crippen LogP contribution in [0.3, 0.4) is 0 Å². The van der Waals surface area contributed by atoms with Gasteiger partial charge in [0.25, 0.3) is 0 Å². The van der Waals surface area contributed by atoms with Crippen LogP contribution in [0.4, 0.5) is 5.69 Å². The van der Waals surface area contributed by atoms with Crippen molar-refractivity contribution in [2.24, 2.45) is 4.74 Å². The fourth-order valence-electron chi connectivity index (χ4n) is 3.94. The molecule has 0 fully saturated rings. The van der Waals surface area contributed by atoms with Crippen LogP contribution >= 0.6 is 31.0 Å². The molecule has 4 aromatic rings. The van der Waals surface area contributed by atoms with Gasteiger partial charge < -0.3 is 4.74 Å². The molecule has 0 saturated carbocycles. The predicted octanol–water partition coefficient (Wildman–Crippen LogP) is 7.36. The molecular formula is C29H28NOPS2. The highest BCUT2D eigenvalue weighted by atomic mass is 32.2. The summed E-state index contributed by atoms with van der Waals surface area (Å²) in [5.74, 6) is 0.720. The Labute approximate surface area is 212 Å². The van der Waals surface area contributed by atoms with Crippen LogP contribution < -0.4 is 15.9 Å². The summed E-state index contributed by atoms with van der Waals surface area (Å²) in [7, 11) is -2.33. The van der Waals surface area contributed by atoms with Crippen LogP contribution in [0.2, 0.25) is 0 Å². The average Bonchev–Trinajstić information content (AvgIpc) is 2.89. The lowest BCUT2D eigenvalue weighted by atomic mass is 10.1. The van der Waals surface area contributed by atoms with E-state index in [0.717, 1.165) is 11.4 Å². The lowest BCUT2D eigenvalue weighted by molar-refractivity contribution is 0.346. The number of thiocarbonyl (C=S) groups is 1. The molecule has 0 aliphatic carbocycles. The Morgan fingerprint density at radius 2 is 1.29 bits per heavy atom. The summed E-state index contributed by atoms with van der Waals surface area (Å²) in [5, 5.41) is 3.70. The number of rotatable bonds is 7. The van der Waals surface area contributed by atoms with Crippen LogP contribution in [-0.4, -0.2) is 11.0 Å². The first kappa shape index (κ1) is 24.5. The minimum atomic E-state index is -2.33. The molecule has 172 valence electrons. The van der Waals surface area contributed by atoms with Crippen molar-refractivity contribution in [2.45, 2.75) is 19.6 Å². The van der Waals surface area contributed by atoms with Crippen LogP contribution in [0.1, 0.15) is 18.1 Å². The van der Waals surface area contributed by atoms with Gasteiger partial charge in [0, 0.05) is 21.7 Å². The van der Waals surface area contributed by atoms with Gasteiger partial charge in [0.15, 0.2) is 0 Å². The highest BCUT2D eigenvalue weighted by Gasteiger charge is 2.27. The quantitative estimate of drug-likeness (QED) is 0.195. The van der Waals surface area contributed by atoms with Crippen LogP contribution in [0.15, 0.2) is 114 Å². The first-order valence-corrected chi connectivity index (χ1v) is 14.5. The third-order valence-electron chi connectivity index (χ3n) is 5.49. The molecule has 2 nitrogen and oxygen atoms in total. The standard InChI is InChI=1S/C29H28NOPS2/c1-3-31-29(33)34-22-24-21-23(2)19-20-28(24)30-32(25-13-7-4-8-14-25,26-15-9-5-10-16-26)27-17-11-6-12-18-27/h4-21H,3,22H2,1-2H3. The summed E-state index contributed by atoms with van der Waals surface area (Å²) in [6, 6.07) is 38.6. The van der Waals surface area contributed by atoms with Gasteiger partial charge in [-0.3, -0.25) is 4.74 Å². The molecule has 34 heavy (non-hydrogen) atoms. The topological polar surface area (TPSA) is 21.6 Å². The zero-order valence-electron chi connectivity index (χ0n) is 19.4. The maximum atomic E-state index is 5.68.